The molecule has 0 amide bonds. The molecule has 0 saturated carbocycles. The Hall–Kier alpha value is -0.120. The van der Waals surface area contributed by atoms with Crippen molar-refractivity contribution in [3.63, 3.8) is 0 Å². The summed E-state index contributed by atoms with van der Waals surface area (Å²) in [6.07, 6.45) is 5.30. The molecule has 3 heteroatoms. The van der Waals surface area contributed by atoms with Crippen LogP contribution in [0.15, 0.2) is 0 Å². The topological polar surface area (TPSA) is 32.7 Å². The monoisotopic (exact) mass is 245 g/mol. The Labute approximate surface area is 107 Å². The van der Waals surface area contributed by atoms with Crippen LogP contribution < -0.4 is 0 Å². The molecule has 3 nitrogen and oxygen atoms in total. The second-order valence-corrected chi connectivity index (χ2v) is 4.39. The molecule has 0 spiro atoms. The van der Waals surface area contributed by atoms with Gasteiger partial charge in [0.1, 0.15) is 0 Å². The van der Waals surface area contributed by atoms with Crippen LogP contribution in [0.4, 0.5) is 0 Å². The molecule has 17 heavy (non-hydrogen) atoms. The van der Waals surface area contributed by atoms with Crippen LogP contribution in [0.25, 0.3) is 0 Å². The second kappa shape index (κ2) is 12.3. The van der Waals surface area contributed by atoms with E-state index in [9.17, 15) is 5.11 Å². The lowest BCUT2D eigenvalue weighted by atomic mass is 10.1. The van der Waals surface area contributed by atoms with Crippen molar-refractivity contribution in [2.24, 2.45) is 0 Å². The van der Waals surface area contributed by atoms with Gasteiger partial charge in [0.15, 0.2) is 0 Å². The average molecular weight is 245 g/mol. The van der Waals surface area contributed by atoms with Crippen molar-refractivity contribution in [3.8, 4) is 0 Å². The quantitative estimate of drug-likeness (QED) is 0.748. The fraction of sp³-hybridized carbons (Fsp3) is 1.00. The number of nitrogens with zero attached hydrogens (tertiary/aromatic N) is 1. The molecule has 0 aromatic carbocycles. The first-order chi connectivity index (χ1) is 8.33. The molecule has 1 atom stereocenters. The summed E-state index contributed by atoms with van der Waals surface area (Å²) < 4.78 is 5.29. The van der Waals surface area contributed by atoms with Crippen LogP contribution in [0.5, 0.6) is 0 Å². The molecule has 1 saturated heterocycles. The van der Waals surface area contributed by atoms with Crippen LogP contribution in [0, 0.1) is 0 Å². The van der Waals surface area contributed by atoms with Gasteiger partial charge >= 0.3 is 0 Å². The summed E-state index contributed by atoms with van der Waals surface area (Å²) in [4.78, 5) is 2.43. The molecule has 0 aromatic heterocycles. The fourth-order valence-corrected chi connectivity index (χ4v) is 1.96. The fourth-order valence-electron chi connectivity index (χ4n) is 1.96. The number of hydrogen-bond donors (Lipinski definition) is 1. The molecule has 1 aliphatic rings. The van der Waals surface area contributed by atoms with Crippen molar-refractivity contribution < 1.29 is 9.84 Å². The maximum atomic E-state index is 9.67. The Bertz CT molecular complexity index is 147. The Morgan fingerprint density at radius 3 is 2.29 bits per heavy atom. The van der Waals surface area contributed by atoms with E-state index in [1.807, 2.05) is 13.8 Å². The second-order valence-electron chi connectivity index (χ2n) is 4.39. The summed E-state index contributed by atoms with van der Waals surface area (Å²) >= 11 is 0. The highest BCUT2D eigenvalue weighted by Gasteiger charge is 2.10. The first kappa shape index (κ1) is 16.9. The molecule has 1 N–H and O–H groups in total. The normalized spacial score (nSPS) is 18.4. The number of rotatable bonds is 7. The minimum absolute atomic E-state index is 0.0778. The Morgan fingerprint density at radius 2 is 1.71 bits per heavy atom. The van der Waals surface area contributed by atoms with Gasteiger partial charge in [-0.3, -0.25) is 4.90 Å². The number of unbranched alkanes of at least 4 members (excludes halogenated alkanes) is 1. The highest BCUT2D eigenvalue weighted by molar-refractivity contribution is 4.63. The molecule has 104 valence electrons. The summed E-state index contributed by atoms with van der Waals surface area (Å²) in [6, 6.07) is 0. The van der Waals surface area contributed by atoms with Gasteiger partial charge in [-0.2, -0.15) is 0 Å². The maximum Gasteiger partial charge on any atom is 0.0594 e. The Kier molecular flexibility index (Phi) is 12.3. The van der Waals surface area contributed by atoms with Crippen molar-refractivity contribution in [2.45, 2.75) is 59.0 Å². The number of aliphatic hydroxyl groups excluding tert-OH is 1. The van der Waals surface area contributed by atoms with Gasteiger partial charge in [-0.15, -0.1) is 0 Å². The lowest BCUT2D eigenvalue weighted by molar-refractivity contribution is 0.0350. The molecule has 1 unspecified atom stereocenters. The molecule has 0 aromatic rings. The van der Waals surface area contributed by atoms with E-state index in [0.29, 0.717) is 0 Å². The van der Waals surface area contributed by atoms with Crippen LogP contribution in [-0.2, 0) is 4.74 Å². The van der Waals surface area contributed by atoms with E-state index in [-0.39, 0.29) is 6.10 Å². The molecule has 0 bridgehead atoms. The minimum atomic E-state index is -0.0778. The average Bonchev–Trinajstić information content (AvgIpc) is 2.40. The minimum Gasteiger partial charge on any atom is -0.393 e. The largest absolute Gasteiger partial charge is 0.393 e. The summed E-state index contributed by atoms with van der Waals surface area (Å²) in [5.74, 6) is 0. The summed E-state index contributed by atoms with van der Waals surface area (Å²) in [5, 5.41) is 9.67. The van der Waals surface area contributed by atoms with Crippen molar-refractivity contribution >= 4 is 0 Å². The first-order valence-electron chi connectivity index (χ1n) is 7.31. The maximum absolute atomic E-state index is 9.67. The van der Waals surface area contributed by atoms with Crippen molar-refractivity contribution in [2.75, 3.05) is 32.8 Å². The molecule has 1 fully saturated rings. The number of aliphatic hydroxyl groups is 1. The van der Waals surface area contributed by atoms with Crippen molar-refractivity contribution in [1.82, 2.24) is 4.90 Å². The summed E-state index contributed by atoms with van der Waals surface area (Å²) in [7, 11) is 0. The predicted molar refractivity (Wildman–Crippen MR) is 73.4 cm³/mol. The van der Waals surface area contributed by atoms with Crippen LogP contribution in [-0.4, -0.2) is 49.0 Å². The molecule has 1 heterocycles. The highest BCUT2D eigenvalue weighted by Crippen LogP contribution is 2.08. The lowest BCUT2D eigenvalue weighted by Gasteiger charge is -2.26. The summed E-state index contributed by atoms with van der Waals surface area (Å²) in [6.45, 7) is 11.2. The highest BCUT2D eigenvalue weighted by atomic mass is 16.5. The van der Waals surface area contributed by atoms with E-state index in [1.165, 1.54) is 6.42 Å². The van der Waals surface area contributed by atoms with E-state index in [0.717, 1.165) is 58.5 Å². The zero-order valence-corrected chi connectivity index (χ0v) is 12.0. The van der Waals surface area contributed by atoms with Crippen LogP contribution in [0.3, 0.4) is 0 Å². The zero-order chi connectivity index (χ0) is 12.9. The SMILES string of the molecule is CC.CCCCC(O)CCCN1CCOCC1. The number of ether oxygens (including phenoxy) is 1. The Balaban J connectivity index is 0.00000121. The van der Waals surface area contributed by atoms with E-state index in [4.69, 9.17) is 4.74 Å². The molecule has 1 aliphatic heterocycles. The van der Waals surface area contributed by atoms with E-state index in [1.54, 1.807) is 0 Å². The number of morpholine rings is 1. The third-order valence-corrected chi connectivity index (χ3v) is 3.01. The Morgan fingerprint density at radius 1 is 1.12 bits per heavy atom. The molecular weight excluding hydrogens is 214 g/mol. The first-order valence-corrected chi connectivity index (χ1v) is 7.31. The van der Waals surface area contributed by atoms with Gasteiger partial charge in [-0.25, -0.2) is 0 Å². The van der Waals surface area contributed by atoms with Crippen LogP contribution >= 0.6 is 0 Å². The third kappa shape index (κ3) is 9.57. The number of hydrogen-bond acceptors (Lipinski definition) is 3. The molecular formula is C14H31NO2. The van der Waals surface area contributed by atoms with Gasteiger partial charge in [0.05, 0.1) is 19.3 Å². The standard InChI is InChI=1S/C12H25NO2.C2H6/c1-2-3-5-12(14)6-4-7-13-8-10-15-11-9-13;1-2/h12,14H,2-11H2,1H3;1-2H3. The van der Waals surface area contributed by atoms with Gasteiger partial charge < -0.3 is 9.84 Å². The van der Waals surface area contributed by atoms with E-state index >= 15 is 0 Å². The smallest absolute Gasteiger partial charge is 0.0594 e. The van der Waals surface area contributed by atoms with Gasteiger partial charge in [-0.05, 0) is 25.8 Å². The predicted octanol–water partition coefficient (Wildman–Crippen LogP) is 2.68. The molecule has 1 rings (SSSR count). The van der Waals surface area contributed by atoms with Gasteiger partial charge in [0.25, 0.3) is 0 Å². The molecule has 0 radical (unpaired) electrons. The van der Waals surface area contributed by atoms with Gasteiger partial charge in [0, 0.05) is 13.1 Å². The van der Waals surface area contributed by atoms with E-state index < -0.39 is 0 Å². The van der Waals surface area contributed by atoms with Gasteiger partial charge in [-0.1, -0.05) is 33.6 Å². The zero-order valence-electron chi connectivity index (χ0n) is 12.0. The van der Waals surface area contributed by atoms with Crippen molar-refractivity contribution in [1.29, 1.82) is 0 Å². The van der Waals surface area contributed by atoms with E-state index in [2.05, 4.69) is 11.8 Å². The van der Waals surface area contributed by atoms with Crippen LogP contribution in [0.1, 0.15) is 52.9 Å². The third-order valence-electron chi connectivity index (χ3n) is 3.01. The van der Waals surface area contributed by atoms with Crippen molar-refractivity contribution in [3.05, 3.63) is 0 Å². The van der Waals surface area contributed by atoms with Gasteiger partial charge in [0.2, 0.25) is 0 Å². The van der Waals surface area contributed by atoms with Crippen LogP contribution in [0.2, 0.25) is 0 Å². The summed E-state index contributed by atoms with van der Waals surface area (Å²) in [5.41, 5.74) is 0. The lowest BCUT2D eigenvalue weighted by Crippen LogP contribution is -2.37. The molecule has 0 aliphatic carbocycles.